The lowest BCUT2D eigenvalue weighted by molar-refractivity contribution is 0.119. The average molecular weight is 155 g/mol. The monoisotopic (exact) mass is 155 g/mol. The minimum Gasteiger partial charge on any atom is -0.396 e. The zero-order chi connectivity index (χ0) is 7.90. The molecular weight excluding hydrogens is 138 g/mol. The highest BCUT2D eigenvalue weighted by Gasteiger charge is 2.46. The molecule has 2 atom stereocenters. The minimum atomic E-state index is 0.356. The molecular formula is C9H17NO. The van der Waals surface area contributed by atoms with Gasteiger partial charge in [0.25, 0.3) is 0 Å². The number of rotatable bonds is 1. The number of aliphatic hydroxyl groups excluding tert-OH is 1. The van der Waals surface area contributed by atoms with E-state index in [2.05, 4.69) is 11.8 Å². The fraction of sp³-hybridized carbons (Fsp3) is 1.00. The smallest absolute Gasteiger partial charge is 0.0477 e. The van der Waals surface area contributed by atoms with Crippen molar-refractivity contribution in [2.45, 2.75) is 31.7 Å². The van der Waals surface area contributed by atoms with Gasteiger partial charge in [-0.2, -0.15) is 0 Å². The van der Waals surface area contributed by atoms with E-state index >= 15 is 0 Å². The van der Waals surface area contributed by atoms with Crippen molar-refractivity contribution in [2.75, 3.05) is 19.7 Å². The molecule has 2 rings (SSSR count). The summed E-state index contributed by atoms with van der Waals surface area (Å²) in [6, 6.07) is 0. The first-order chi connectivity index (χ1) is 5.27. The molecule has 11 heavy (non-hydrogen) atoms. The quantitative estimate of drug-likeness (QED) is 0.607. The molecule has 1 N–H and O–H groups in total. The predicted octanol–water partition coefficient (Wildman–Crippen LogP) is 0.853. The Hall–Kier alpha value is -0.0800. The van der Waals surface area contributed by atoms with Gasteiger partial charge in [0.15, 0.2) is 0 Å². The van der Waals surface area contributed by atoms with Crippen LogP contribution in [0.4, 0.5) is 0 Å². The van der Waals surface area contributed by atoms with Gasteiger partial charge in [-0.05, 0) is 39.3 Å². The Balaban J connectivity index is 2.16. The molecule has 0 aromatic carbocycles. The lowest BCUT2D eigenvalue weighted by Gasteiger charge is -2.32. The first kappa shape index (κ1) is 7.56. The normalized spacial score (nSPS) is 44.7. The molecule has 2 aliphatic heterocycles. The highest BCUT2D eigenvalue weighted by Crippen LogP contribution is 2.42. The summed E-state index contributed by atoms with van der Waals surface area (Å²) < 4.78 is 0. The number of fused-ring (bicyclic) bond motifs is 1. The number of aliphatic hydroxyl groups is 1. The Kier molecular flexibility index (Phi) is 1.69. The highest BCUT2D eigenvalue weighted by atomic mass is 16.3. The fourth-order valence-corrected chi connectivity index (χ4v) is 2.78. The van der Waals surface area contributed by atoms with Crippen molar-refractivity contribution < 1.29 is 5.11 Å². The SMILES string of the molecule is CC12CCCN1CCC2CO. The molecule has 0 amide bonds. The van der Waals surface area contributed by atoms with Crippen molar-refractivity contribution in [1.29, 1.82) is 0 Å². The second kappa shape index (κ2) is 2.46. The largest absolute Gasteiger partial charge is 0.396 e. The lowest BCUT2D eigenvalue weighted by atomic mass is 9.86. The van der Waals surface area contributed by atoms with Gasteiger partial charge in [0.1, 0.15) is 0 Å². The summed E-state index contributed by atoms with van der Waals surface area (Å²) in [5.41, 5.74) is 0.356. The van der Waals surface area contributed by atoms with E-state index in [1.54, 1.807) is 0 Å². The summed E-state index contributed by atoms with van der Waals surface area (Å²) in [5.74, 6) is 0.546. The van der Waals surface area contributed by atoms with Crippen molar-refractivity contribution in [3.05, 3.63) is 0 Å². The van der Waals surface area contributed by atoms with Crippen LogP contribution in [0.5, 0.6) is 0 Å². The molecule has 2 heterocycles. The van der Waals surface area contributed by atoms with Gasteiger partial charge in [-0.25, -0.2) is 0 Å². The van der Waals surface area contributed by atoms with Gasteiger partial charge in [-0.1, -0.05) is 0 Å². The fourth-order valence-electron chi connectivity index (χ4n) is 2.78. The lowest BCUT2D eigenvalue weighted by Crippen LogP contribution is -2.40. The summed E-state index contributed by atoms with van der Waals surface area (Å²) in [7, 11) is 0. The molecule has 2 nitrogen and oxygen atoms in total. The van der Waals surface area contributed by atoms with Gasteiger partial charge in [-0.15, -0.1) is 0 Å². The van der Waals surface area contributed by atoms with Gasteiger partial charge in [0.05, 0.1) is 0 Å². The van der Waals surface area contributed by atoms with Crippen LogP contribution in [0, 0.1) is 5.92 Å². The van der Waals surface area contributed by atoms with E-state index < -0.39 is 0 Å². The van der Waals surface area contributed by atoms with E-state index in [0.717, 1.165) is 0 Å². The Labute approximate surface area is 68.2 Å². The van der Waals surface area contributed by atoms with Crippen LogP contribution in [-0.4, -0.2) is 35.2 Å². The van der Waals surface area contributed by atoms with E-state index in [1.807, 2.05) is 0 Å². The van der Waals surface area contributed by atoms with E-state index in [0.29, 0.717) is 18.1 Å². The van der Waals surface area contributed by atoms with E-state index in [1.165, 1.54) is 32.4 Å². The summed E-state index contributed by atoms with van der Waals surface area (Å²) in [5, 5.41) is 9.15. The predicted molar refractivity (Wildman–Crippen MR) is 44.4 cm³/mol. The molecule has 2 unspecified atom stereocenters. The van der Waals surface area contributed by atoms with Crippen LogP contribution < -0.4 is 0 Å². The third kappa shape index (κ3) is 0.926. The van der Waals surface area contributed by atoms with Gasteiger partial charge in [0, 0.05) is 18.1 Å². The summed E-state index contributed by atoms with van der Waals surface area (Å²) >= 11 is 0. The van der Waals surface area contributed by atoms with Gasteiger partial charge >= 0.3 is 0 Å². The van der Waals surface area contributed by atoms with Crippen LogP contribution in [0.1, 0.15) is 26.2 Å². The van der Waals surface area contributed by atoms with Gasteiger partial charge in [0.2, 0.25) is 0 Å². The molecule has 0 aliphatic carbocycles. The van der Waals surface area contributed by atoms with Crippen LogP contribution in [0.2, 0.25) is 0 Å². The zero-order valence-electron chi connectivity index (χ0n) is 7.21. The number of hydrogen-bond donors (Lipinski definition) is 1. The average Bonchev–Trinajstić information content (AvgIpc) is 2.44. The van der Waals surface area contributed by atoms with Crippen LogP contribution >= 0.6 is 0 Å². The third-order valence-corrected chi connectivity index (χ3v) is 3.68. The summed E-state index contributed by atoms with van der Waals surface area (Å²) in [4.78, 5) is 2.55. The second-order valence-corrected chi connectivity index (χ2v) is 4.12. The molecule has 0 radical (unpaired) electrons. The molecule has 0 bridgehead atoms. The van der Waals surface area contributed by atoms with E-state index in [-0.39, 0.29) is 0 Å². The van der Waals surface area contributed by atoms with Crippen LogP contribution in [0.3, 0.4) is 0 Å². The number of hydrogen-bond acceptors (Lipinski definition) is 2. The molecule has 0 spiro atoms. The highest BCUT2D eigenvalue weighted by molar-refractivity contribution is 5.01. The standard InChI is InChI=1S/C9H17NO/c1-9-4-2-5-10(9)6-3-8(9)7-11/h8,11H,2-7H2,1H3. The topological polar surface area (TPSA) is 23.5 Å². The minimum absolute atomic E-state index is 0.356. The molecule has 64 valence electrons. The van der Waals surface area contributed by atoms with Crippen LogP contribution in [0.25, 0.3) is 0 Å². The van der Waals surface area contributed by atoms with Gasteiger partial charge < -0.3 is 5.11 Å². The molecule has 0 aromatic heterocycles. The van der Waals surface area contributed by atoms with E-state index in [9.17, 15) is 0 Å². The zero-order valence-corrected chi connectivity index (χ0v) is 7.21. The maximum absolute atomic E-state index is 9.15. The van der Waals surface area contributed by atoms with Gasteiger partial charge in [-0.3, -0.25) is 4.90 Å². The van der Waals surface area contributed by atoms with Crippen molar-refractivity contribution >= 4 is 0 Å². The Morgan fingerprint density at radius 3 is 3.09 bits per heavy atom. The maximum Gasteiger partial charge on any atom is 0.0477 e. The van der Waals surface area contributed by atoms with E-state index in [4.69, 9.17) is 5.11 Å². The molecule has 2 saturated heterocycles. The molecule has 0 saturated carbocycles. The molecule has 0 aromatic rings. The number of nitrogens with zero attached hydrogens (tertiary/aromatic N) is 1. The van der Waals surface area contributed by atoms with Crippen molar-refractivity contribution in [2.24, 2.45) is 5.92 Å². The van der Waals surface area contributed by atoms with Crippen molar-refractivity contribution in [3.63, 3.8) is 0 Å². The molecule has 2 aliphatic rings. The van der Waals surface area contributed by atoms with Crippen LogP contribution in [0.15, 0.2) is 0 Å². The Morgan fingerprint density at radius 2 is 2.36 bits per heavy atom. The van der Waals surface area contributed by atoms with Crippen molar-refractivity contribution in [3.8, 4) is 0 Å². The molecule has 2 fully saturated rings. The third-order valence-electron chi connectivity index (χ3n) is 3.68. The Morgan fingerprint density at radius 1 is 1.55 bits per heavy atom. The first-order valence-corrected chi connectivity index (χ1v) is 4.63. The van der Waals surface area contributed by atoms with Crippen molar-refractivity contribution in [1.82, 2.24) is 4.90 Å². The Bertz CT molecular complexity index is 160. The first-order valence-electron chi connectivity index (χ1n) is 4.63. The summed E-state index contributed by atoms with van der Waals surface area (Å²) in [6.45, 7) is 5.16. The molecule has 2 heteroatoms. The second-order valence-electron chi connectivity index (χ2n) is 4.12. The summed E-state index contributed by atoms with van der Waals surface area (Å²) in [6.07, 6.45) is 3.82. The van der Waals surface area contributed by atoms with Crippen LogP contribution in [-0.2, 0) is 0 Å². The maximum atomic E-state index is 9.15.